The molecule has 2 atom stereocenters. The Hall–Kier alpha value is -1.59. The number of rotatable bonds is 4. The number of amides is 1. The molecular weight excluding hydrogens is 304 g/mol. The van der Waals surface area contributed by atoms with Crippen LogP contribution in [0.1, 0.15) is 39.7 Å². The molecule has 0 aliphatic carbocycles. The van der Waals surface area contributed by atoms with Crippen molar-refractivity contribution in [1.82, 2.24) is 9.80 Å². The van der Waals surface area contributed by atoms with Crippen LogP contribution >= 0.6 is 0 Å². The highest BCUT2D eigenvalue weighted by atomic mass is 16.6. The van der Waals surface area contributed by atoms with E-state index in [2.05, 4.69) is 17.0 Å². The zero-order valence-electron chi connectivity index (χ0n) is 15.2. The minimum atomic E-state index is -0.506. The Morgan fingerprint density at radius 2 is 1.96 bits per heavy atom. The summed E-state index contributed by atoms with van der Waals surface area (Å²) in [5.41, 5.74) is 0.757. The van der Waals surface area contributed by atoms with E-state index in [1.165, 1.54) is 5.56 Å². The largest absolute Gasteiger partial charge is 0.444 e. The smallest absolute Gasteiger partial charge is 0.410 e. The zero-order valence-corrected chi connectivity index (χ0v) is 15.2. The van der Waals surface area contributed by atoms with Gasteiger partial charge in [0.1, 0.15) is 5.60 Å². The highest BCUT2D eigenvalue weighted by molar-refractivity contribution is 5.68. The van der Waals surface area contributed by atoms with E-state index in [-0.39, 0.29) is 12.1 Å². The van der Waals surface area contributed by atoms with Crippen LogP contribution in [0.5, 0.6) is 0 Å². The van der Waals surface area contributed by atoms with E-state index >= 15 is 0 Å². The maximum atomic E-state index is 12.5. The first-order valence-corrected chi connectivity index (χ1v) is 8.68. The summed E-state index contributed by atoms with van der Waals surface area (Å²) in [7, 11) is 0. The molecule has 1 amide bonds. The number of carbonyl (C=O) groups excluding carboxylic acids is 1. The summed E-state index contributed by atoms with van der Waals surface area (Å²) in [5, 5.41) is 9.82. The molecule has 1 aromatic rings. The van der Waals surface area contributed by atoms with Crippen molar-refractivity contribution in [1.29, 1.82) is 0 Å². The summed E-state index contributed by atoms with van der Waals surface area (Å²) < 4.78 is 5.53. The predicted molar refractivity (Wildman–Crippen MR) is 94.7 cm³/mol. The van der Waals surface area contributed by atoms with Crippen LogP contribution in [-0.2, 0) is 11.3 Å². The molecule has 24 heavy (non-hydrogen) atoms. The molecule has 1 aromatic carbocycles. The Morgan fingerprint density at radius 3 is 2.54 bits per heavy atom. The molecule has 5 nitrogen and oxygen atoms in total. The van der Waals surface area contributed by atoms with Crippen LogP contribution < -0.4 is 0 Å². The number of hydrogen-bond donors (Lipinski definition) is 1. The molecule has 5 heteroatoms. The quantitative estimate of drug-likeness (QED) is 0.920. The van der Waals surface area contributed by atoms with Gasteiger partial charge in [-0.1, -0.05) is 30.3 Å². The monoisotopic (exact) mass is 334 g/mol. The third-order valence-electron chi connectivity index (χ3n) is 4.06. The summed E-state index contributed by atoms with van der Waals surface area (Å²) in [6.45, 7) is 10.4. The number of piperazine rings is 1. The molecule has 0 spiro atoms. The van der Waals surface area contributed by atoms with Crippen LogP contribution in [0.2, 0.25) is 0 Å². The van der Waals surface area contributed by atoms with Gasteiger partial charge in [0.05, 0.1) is 12.1 Å². The van der Waals surface area contributed by atoms with Gasteiger partial charge in [-0.2, -0.15) is 0 Å². The molecule has 2 unspecified atom stereocenters. The Balaban J connectivity index is 2.02. The molecule has 1 saturated heterocycles. The second-order valence-electron chi connectivity index (χ2n) is 7.63. The second-order valence-corrected chi connectivity index (χ2v) is 7.63. The summed E-state index contributed by atoms with van der Waals surface area (Å²) in [4.78, 5) is 16.6. The van der Waals surface area contributed by atoms with Crippen LogP contribution in [-0.4, -0.2) is 58.4 Å². The van der Waals surface area contributed by atoms with Gasteiger partial charge in [-0.25, -0.2) is 4.79 Å². The predicted octanol–water partition coefficient (Wildman–Crippen LogP) is 2.88. The lowest BCUT2D eigenvalue weighted by atomic mass is 10.0. The molecule has 0 radical (unpaired) electrons. The number of ether oxygens (including phenoxy) is 1. The minimum Gasteiger partial charge on any atom is -0.444 e. The number of nitrogens with zero attached hydrogens (tertiary/aromatic N) is 2. The van der Waals surface area contributed by atoms with E-state index in [1.807, 2.05) is 39.0 Å². The van der Waals surface area contributed by atoms with Crippen molar-refractivity contribution in [2.24, 2.45) is 0 Å². The summed E-state index contributed by atoms with van der Waals surface area (Å²) in [5.74, 6) is 0. The average molecular weight is 334 g/mol. The van der Waals surface area contributed by atoms with Gasteiger partial charge in [0.2, 0.25) is 0 Å². The van der Waals surface area contributed by atoms with Gasteiger partial charge in [0.25, 0.3) is 0 Å². The topological polar surface area (TPSA) is 53.0 Å². The van der Waals surface area contributed by atoms with Crippen molar-refractivity contribution in [2.75, 3.05) is 19.6 Å². The van der Waals surface area contributed by atoms with E-state index in [0.29, 0.717) is 13.0 Å². The SMILES string of the molecule is CC(O)CC1CN(Cc2ccccc2)CCN1C(=O)OC(C)(C)C. The molecular formula is C19H30N2O3. The fourth-order valence-corrected chi connectivity index (χ4v) is 3.06. The third-order valence-corrected chi connectivity index (χ3v) is 4.06. The molecule has 1 fully saturated rings. The van der Waals surface area contributed by atoms with Crippen molar-refractivity contribution < 1.29 is 14.6 Å². The first kappa shape index (κ1) is 18.7. The maximum absolute atomic E-state index is 12.5. The maximum Gasteiger partial charge on any atom is 0.410 e. The highest BCUT2D eigenvalue weighted by Gasteiger charge is 2.33. The first-order valence-electron chi connectivity index (χ1n) is 8.68. The van der Waals surface area contributed by atoms with Crippen molar-refractivity contribution in [3.8, 4) is 0 Å². The van der Waals surface area contributed by atoms with E-state index in [1.54, 1.807) is 11.8 Å². The van der Waals surface area contributed by atoms with E-state index < -0.39 is 11.7 Å². The van der Waals surface area contributed by atoms with Crippen molar-refractivity contribution in [2.45, 2.75) is 58.4 Å². The third kappa shape index (κ3) is 5.80. The van der Waals surface area contributed by atoms with E-state index in [0.717, 1.165) is 19.6 Å². The lowest BCUT2D eigenvalue weighted by molar-refractivity contribution is -0.0103. The molecule has 1 heterocycles. The van der Waals surface area contributed by atoms with Crippen LogP contribution in [0.3, 0.4) is 0 Å². The Kier molecular flexibility index (Phi) is 6.24. The van der Waals surface area contributed by atoms with Crippen LogP contribution in [0.15, 0.2) is 30.3 Å². The molecule has 1 aliphatic rings. The Bertz CT molecular complexity index is 525. The van der Waals surface area contributed by atoms with Gasteiger partial charge in [0, 0.05) is 26.2 Å². The second kappa shape index (κ2) is 7.99. The van der Waals surface area contributed by atoms with Gasteiger partial charge in [-0.3, -0.25) is 4.90 Å². The number of aliphatic hydroxyl groups is 1. The van der Waals surface area contributed by atoms with Gasteiger partial charge < -0.3 is 14.7 Å². The van der Waals surface area contributed by atoms with Crippen molar-refractivity contribution in [3.05, 3.63) is 35.9 Å². The average Bonchev–Trinajstić information content (AvgIpc) is 2.46. The lowest BCUT2D eigenvalue weighted by Crippen LogP contribution is -2.56. The fraction of sp³-hybridized carbons (Fsp3) is 0.632. The molecule has 0 aromatic heterocycles. The van der Waals surface area contributed by atoms with Crippen molar-refractivity contribution in [3.63, 3.8) is 0 Å². The minimum absolute atomic E-state index is 0.0303. The van der Waals surface area contributed by atoms with Crippen LogP contribution in [0, 0.1) is 0 Å². The van der Waals surface area contributed by atoms with E-state index in [4.69, 9.17) is 4.74 Å². The fourth-order valence-electron chi connectivity index (χ4n) is 3.06. The molecule has 1 N–H and O–H groups in total. The number of benzene rings is 1. The van der Waals surface area contributed by atoms with Gasteiger partial charge in [-0.15, -0.1) is 0 Å². The van der Waals surface area contributed by atoms with E-state index in [9.17, 15) is 9.90 Å². The number of aliphatic hydroxyl groups excluding tert-OH is 1. The normalized spacial score (nSPS) is 20.7. The van der Waals surface area contributed by atoms with Crippen molar-refractivity contribution >= 4 is 6.09 Å². The molecule has 2 rings (SSSR count). The summed E-state index contributed by atoms with van der Waals surface area (Å²) >= 11 is 0. The van der Waals surface area contributed by atoms with Gasteiger partial charge in [-0.05, 0) is 39.7 Å². The molecule has 0 saturated carbocycles. The molecule has 0 bridgehead atoms. The highest BCUT2D eigenvalue weighted by Crippen LogP contribution is 2.20. The Labute approximate surface area is 145 Å². The molecule has 1 aliphatic heterocycles. The Morgan fingerprint density at radius 1 is 1.29 bits per heavy atom. The van der Waals surface area contributed by atoms with Gasteiger partial charge in [0.15, 0.2) is 0 Å². The summed E-state index contributed by atoms with van der Waals surface area (Å²) in [6.07, 6.45) is -0.172. The number of hydrogen-bond acceptors (Lipinski definition) is 4. The standard InChI is InChI=1S/C19H30N2O3/c1-15(22)12-17-14-20(13-16-8-6-5-7-9-16)10-11-21(17)18(23)24-19(2,3)4/h5-9,15,17,22H,10-14H2,1-4H3. The molecule has 134 valence electrons. The lowest BCUT2D eigenvalue weighted by Gasteiger charge is -2.42. The van der Waals surface area contributed by atoms with Crippen LogP contribution in [0.25, 0.3) is 0 Å². The zero-order chi connectivity index (χ0) is 17.7. The first-order chi connectivity index (χ1) is 11.2. The van der Waals surface area contributed by atoms with Crippen LogP contribution in [0.4, 0.5) is 4.79 Å². The van der Waals surface area contributed by atoms with Gasteiger partial charge >= 0.3 is 6.09 Å². The summed E-state index contributed by atoms with van der Waals surface area (Å²) in [6, 6.07) is 10.3. The number of carbonyl (C=O) groups is 1.